The molecule has 1 aromatic heterocycles. The molecule has 0 radical (unpaired) electrons. The van der Waals surface area contributed by atoms with E-state index >= 15 is 0 Å². The molecule has 0 unspecified atom stereocenters. The molecule has 5 heteroatoms. The van der Waals surface area contributed by atoms with Crippen LogP contribution in [0.4, 0.5) is 5.00 Å². The number of anilines is 1. The van der Waals surface area contributed by atoms with Crippen molar-refractivity contribution < 1.29 is 9.59 Å². The van der Waals surface area contributed by atoms with Gasteiger partial charge >= 0.3 is 0 Å². The first kappa shape index (κ1) is 16.5. The van der Waals surface area contributed by atoms with Crippen molar-refractivity contribution in [1.82, 2.24) is 5.32 Å². The molecule has 0 spiro atoms. The molecule has 0 saturated heterocycles. The number of thiophene rings is 1. The van der Waals surface area contributed by atoms with Gasteiger partial charge in [-0.25, -0.2) is 0 Å². The maximum absolute atomic E-state index is 12.6. The van der Waals surface area contributed by atoms with Gasteiger partial charge in [0.15, 0.2) is 0 Å². The molecule has 126 valence electrons. The minimum Gasteiger partial charge on any atom is -0.355 e. The van der Waals surface area contributed by atoms with Gasteiger partial charge in [0.25, 0.3) is 5.91 Å². The quantitative estimate of drug-likeness (QED) is 0.884. The van der Waals surface area contributed by atoms with Crippen LogP contribution in [0.25, 0.3) is 0 Å². The standard InChI is InChI=1S/C18H26N2O2S/c1-11-8-9-13-14(10-11)23-18(15(13)17(22)19-2)20-16(21)12-6-4-3-5-7-12/h11-12H,3-10H2,1-2H3,(H,19,22)(H,20,21)/t11-/m1/s1. The summed E-state index contributed by atoms with van der Waals surface area (Å²) in [5.41, 5.74) is 1.87. The van der Waals surface area contributed by atoms with E-state index in [1.54, 1.807) is 18.4 Å². The van der Waals surface area contributed by atoms with Crippen LogP contribution in [0, 0.1) is 11.8 Å². The van der Waals surface area contributed by atoms with Crippen molar-refractivity contribution in [2.75, 3.05) is 12.4 Å². The van der Waals surface area contributed by atoms with Crippen LogP contribution in [0.2, 0.25) is 0 Å². The summed E-state index contributed by atoms with van der Waals surface area (Å²) < 4.78 is 0. The summed E-state index contributed by atoms with van der Waals surface area (Å²) in [4.78, 5) is 26.2. The summed E-state index contributed by atoms with van der Waals surface area (Å²) in [6.45, 7) is 2.25. The molecule has 2 aliphatic rings. The van der Waals surface area contributed by atoms with Gasteiger partial charge < -0.3 is 10.6 Å². The normalized spacial score (nSPS) is 21.6. The number of carbonyl (C=O) groups is 2. The highest BCUT2D eigenvalue weighted by Gasteiger charge is 2.29. The molecule has 4 nitrogen and oxygen atoms in total. The van der Waals surface area contributed by atoms with Crippen LogP contribution < -0.4 is 10.6 Å². The smallest absolute Gasteiger partial charge is 0.254 e. The Morgan fingerprint density at radius 3 is 2.57 bits per heavy atom. The van der Waals surface area contributed by atoms with Gasteiger partial charge in [0.2, 0.25) is 5.91 Å². The molecular formula is C18H26N2O2S. The number of amides is 2. The molecule has 0 bridgehead atoms. The number of hydrogen-bond acceptors (Lipinski definition) is 3. The van der Waals surface area contributed by atoms with E-state index in [1.165, 1.54) is 11.3 Å². The Balaban J connectivity index is 1.85. The summed E-state index contributed by atoms with van der Waals surface area (Å²) in [5, 5.41) is 6.59. The van der Waals surface area contributed by atoms with E-state index in [-0.39, 0.29) is 17.7 Å². The van der Waals surface area contributed by atoms with Crippen molar-refractivity contribution in [3.05, 3.63) is 16.0 Å². The zero-order valence-electron chi connectivity index (χ0n) is 14.0. The van der Waals surface area contributed by atoms with Crippen molar-refractivity contribution in [3.8, 4) is 0 Å². The Labute approximate surface area is 142 Å². The molecular weight excluding hydrogens is 308 g/mol. The molecule has 2 N–H and O–H groups in total. The number of nitrogens with one attached hydrogen (secondary N) is 2. The van der Waals surface area contributed by atoms with Gasteiger partial charge in [0.05, 0.1) is 5.56 Å². The Hall–Kier alpha value is -1.36. The molecule has 2 aliphatic carbocycles. The van der Waals surface area contributed by atoms with E-state index in [9.17, 15) is 9.59 Å². The monoisotopic (exact) mass is 334 g/mol. The van der Waals surface area contributed by atoms with E-state index < -0.39 is 0 Å². The fraction of sp³-hybridized carbons (Fsp3) is 0.667. The average Bonchev–Trinajstić information content (AvgIpc) is 2.91. The Kier molecular flexibility index (Phi) is 5.05. The largest absolute Gasteiger partial charge is 0.355 e. The lowest BCUT2D eigenvalue weighted by Crippen LogP contribution is -2.26. The minimum atomic E-state index is -0.0732. The maximum Gasteiger partial charge on any atom is 0.254 e. The Morgan fingerprint density at radius 2 is 1.87 bits per heavy atom. The predicted octanol–water partition coefficient (Wildman–Crippen LogP) is 3.75. The van der Waals surface area contributed by atoms with Crippen LogP contribution in [0.1, 0.15) is 66.2 Å². The number of fused-ring (bicyclic) bond motifs is 1. The van der Waals surface area contributed by atoms with Gasteiger partial charge in [-0.05, 0) is 43.6 Å². The number of hydrogen-bond donors (Lipinski definition) is 2. The van der Waals surface area contributed by atoms with Gasteiger partial charge in [-0.2, -0.15) is 0 Å². The minimum absolute atomic E-state index is 0.0732. The van der Waals surface area contributed by atoms with Crippen molar-refractivity contribution >= 4 is 28.2 Å². The molecule has 0 aromatic carbocycles. The van der Waals surface area contributed by atoms with Gasteiger partial charge in [-0.1, -0.05) is 26.2 Å². The molecule has 1 fully saturated rings. The average molecular weight is 334 g/mol. The summed E-state index contributed by atoms with van der Waals surface area (Å²) in [6, 6.07) is 0. The van der Waals surface area contributed by atoms with Crippen LogP contribution in [0.5, 0.6) is 0 Å². The Morgan fingerprint density at radius 1 is 1.13 bits per heavy atom. The van der Waals surface area contributed by atoms with E-state index in [0.717, 1.165) is 55.5 Å². The van der Waals surface area contributed by atoms with Gasteiger partial charge in [-0.15, -0.1) is 11.3 Å². The second-order valence-electron chi connectivity index (χ2n) is 6.96. The fourth-order valence-corrected chi connectivity index (χ4v) is 5.19. The van der Waals surface area contributed by atoms with Crippen LogP contribution in [0.3, 0.4) is 0 Å². The molecule has 23 heavy (non-hydrogen) atoms. The highest BCUT2D eigenvalue weighted by Crippen LogP contribution is 2.40. The summed E-state index contributed by atoms with van der Waals surface area (Å²) in [6.07, 6.45) is 8.53. The van der Waals surface area contributed by atoms with Crippen molar-refractivity contribution in [2.45, 2.75) is 58.3 Å². The lowest BCUT2D eigenvalue weighted by Gasteiger charge is -2.20. The highest BCUT2D eigenvalue weighted by atomic mass is 32.1. The first-order valence-electron chi connectivity index (χ1n) is 8.77. The summed E-state index contributed by atoms with van der Waals surface area (Å²) in [7, 11) is 1.66. The zero-order chi connectivity index (χ0) is 16.4. The third kappa shape index (κ3) is 3.44. The SMILES string of the molecule is CNC(=O)c1c(NC(=O)C2CCCCC2)sc2c1CC[C@@H](C)C2. The first-order chi connectivity index (χ1) is 11.1. The lowest BCUT2D eigenvalue weighted by molar-refractivity contribution is -0.120. The molecule has 0 aliphatic heterocycles. The third-order valence-corrected chi connectivity index (χ3v) is 6.35. The second-order valence-corrected chi connectivity index (χ2v) is 8.06. The molecule has 2 amide bonds. The van der Waals surface area contributed by atoms with Crippen LogP contribution in [-0.4, -0.2) is 18.9 Å². The van der Waals surface area contributed by atoms with E-state index in [1.807, 2.05) is 0 Å². The molecule has 1 saturated carbocycles. The van der Waals surface area contributed by atoms with Gasteiger partial charge in [0, 0.05) is 17.8 Å². The Bertz CT molecular complexity index is 602. The highest BCUT2D eigenvalue weighted by molar-refractivity contribution is 7.17. The molecule has 3 rings (SSSR count). The second kappa shape index (κ2) is 7.04. The predicted molar refractivity (Wildman–Crippen MR) is 94.1 cm³/mol. The summed E-state index contributed by atoms with van der Waals surface area (Å²) in [5.74, 6) is 0.789. The summed E-state index contributed by atoms with van der Waals surface area (Å²) >= 11 is 1.61. The molecule has 1 heterocycles. The maximum atomic E-state index is 12.6. The molecule has 1 atom stereocenters. The van der Waals surface area contributed by atoms with Crippen LogP contribution in [0.15, 0.2) is 0 Å². The lowest BCUT2D eigenvalue weighted by atomic mass is 9.87. The van der Waals surface area contributed by atoms with E-state index in [0.29, 0.717) is 11.5 Å². The van der Waals surface area contributed by atoms with Crippen LogP contribution >= 0.6 is 11.3 Å². The zero-order valence-corrected chi connectivity index (χ0v) is 14.9. The van der Waals surface area contributed by atoms with E-state index in [4.69, 9.17) is 0 Å². The first-order valence-corrected chi connectivity index (χ1v) is 9.59. The molecule has 1 aromatic rings. The van der Waals surface area contributed by atoms with Crippen molar-refractivity contribution in [3.63, 3.8) is 0 Å². The van der Waals surface area contributed by atoms with Gasteiger partial charge in [0.1, 0.15) is 5.00 Å². The van der Waals surface area contributed by atoms with Crippen molar-refractivity contribution in [2.24, 2.45) is 11.8 Å². The van der Waals surface area contributed by atoms with E-state index in [2.05, 4.69) is 17.6 Å². The van der Waals surface area contributed by atoms with Gasteiger partial charge in [-0.3, -0.25) is 9.59 Å². The van der Waals surface area contributed by atoms with Crippen LogP contribution in [-0.2, 0) is 17.6 Å². The third-order valence-electron chi connectivity index (χ3n) is 5.18. The fourth-order valence-electron chi connectivity index (χ4n) is 3.78. The van der Waals surface area contributed by atoms with Crippen molar-refractivity contribution in [1.29, 1.82) is 0 Å². The number of rotatable bonds is 3. The topological polar surface area (TPSA) is 58.2 Å². The number of carbonyl (C=O) groups excluding carboxylic acids is 2.